The molecule has 12 heavy (non-hydrogen) atoms. The summed E-state index contributed by atoms with van der Waals surface area (Å²) >= 11 is 0. The average Bonchev–Trinajstić information content (AvgIpc) is 2.47. The Balaban J connectivity index is 2.58. The number of aryl methyl sites for hydroxylation is 1. The van der Waals surface area contributed by atoms with Crippen LogP contribution in [-0.4, -0.2) is 5.11 Å². The lowest BCUT2D eigenvalue weighted by Gasteiger charge is -2.02. The number of allylic oxidation sites excluding steroid dienone is 1. The van der Waals surface area contributed by atoms with Crippen LogP contribution in [0.4, 0.5) is 0 Å². The van der Waals surface area contributed by atoms with E-state index in [1.165, 1.54) is 0 Å². The molecule has 0 saturated carbocycles. The number of furan rings is 1. The summed E-state index contributed by atoms with van der Waals surface area (Å²) in [4.78, 5) is 0. The van der Waals surface area contributed by atoms with Gasteiger partial charge in [-0.15, -0.1) is 0 Å². The van der Waals surface area contributed by atoms with Gasteiger partial charge in [0, 0.05) is 0 Å². The average molecular weight is 166 g/mol. The third kappa shape index (κ3) is 2.24. The van der Waals surface area contributed by atoms with E-state index in [-0.39, 0.29) is 0 Å². The molecule has 66 valence electrons. The molecule has 2 nitrogen and oxygen atoms in total. The van der Waals surface area contributed by atoms with Crippen molar-refractivity contribution in [2.45, 2.75) is 26.4 Å². The van der Waals surface area contributed by atoms with Crippen molar-refractivity contribution < 1.29 is 9.52 Å². The van der Waals surface area contributed by atoms with Crippen molar-refractivity contribution in [3.05, 3.63) is 35.8 Å². The Morgan fingerprint density at radius 2 is 2.33 bits per heavy atom. The number of hydrogen-bond acceptors (Lipinski definition) is 2. The smallest absolute Gasteiger partial charge is 0.132 e. The van der Waals surface area contributed by atoms with Crippen LogP contribution >= 0.6 is 0 Å². The molecular weight excluding hydrogens is 152 g/mol. The maximum atomic E-state index is 9.52. The second-order valence-corrected chi connectivity index (χ2v) is 2.77. The van der Waals surface area contributed by atoms with E-state index in [1.807, 2.05) is 38.1 Å². The molecule has 0 fully saturated rings. The Bertz CT molecular complexity index is 261. The van der Waals surface area contributed by atoms with Crippen molar-refractivity contribution in [1.29, 1.82) is 0 Å². The molecule has 0 bridgehead atoms. The normalized spacial score (nSPS) is 13.9. The summed E-state index contributed by atoms with van der Waals surface area (Å²) in [5, 5.41) is 9.52. The van der Waals surface area contributed by atoms with E-state index in [9.17, 15) is 5.11 Å². The van der Waals surface area contributed by atoms with E-state index >= 15 is 0 Å². The third-order valence-electron chi connectivity index (χ3n) is 1.68. The van der Waals surface area contributed by atoms with Crippen molar-refractivity contribution in [2.24, 2.45) is 0 Å². The molecule has 2 heteroatoms. The molecule has 0 aliphatic heterocycles. The van der Waals surface area contributed by atoms with E-state index < -0.39 is 6.10 Å². The SMILES string of the molecule is CC=CCC(O)c1ccc(C)o1. The van der Waals surface area contributed by atoms with Gasteiger partial charge in [0.25, 0.3) is 0 Å². The maximum absolute atomic E-state index is 9.52. The Morgan fingerprint density at radius 3 is 2.83 bits per heavy atom. The van der Waals surface area contributed by atoms with Crippen molar-refractivity contribution in [3.63, 3.8) is 0 Å². The van der Waals surface area contributed by atoms with Crippen LogP contribution in [0.2, 0.25) is 0 Å². The van der Waals surface area contributed by atoms with E-state index in [4.69, 9.17) is 4.42 Å². The van der Waals surface area contributed by atoms with Gasteiger partial charge in [-0.3, -0.25) is 0 Å². The molecule has 0 aromatic carbocycles. The van der Waals surface area contributed by atoms with Crippen LogP contribution in [0.5, 0.6) is 0 Å². The van der Waals surface area contributed by atoms with Gasteiger partial charge in [0.05, 0.1) is 0 Å². The fourth-order valence-corrected chi connectivity index (χ4v) is 1.01. The largest absolute Gasteiger partial charge is 0.464 e. The summed E-state index contributed by atoms with van der Waals surface area (Å²) in [5.74, 6) is 1.48. The summed E-state index contributed by atoms with van der Waals surface area (Å²) in [6, 6.07) is 3.66. The lowest BCUT2D eigenvalue weighted by molar-refractivity contribution is 0.151. The van der Waals surface area contributed by atoms with Gasteiger partial charge in [-0.05, 0) is 32.4 Å². The van der Waals surface area contributed by atoms with Gasteiger partial charge in [-0.2, -0.15) is 0 Å². The summed E-state index contributed by atoms with van der Waals surface area (Å²) in [5.41, 5.74) is 0. The van der Waals surface area contributed by atoms with Gasteiger partial charge in [-0.25, -0.2) is 0 Å². The number of rotatable bonds is 3. The number of aliphatic hydroxyl groups excluding tert-OH is 1. The standard InChI is InChI=1S/C10H14O2/c1-3-4-5-9(11)10-7-6-8(2)12-10/h3-4,6-7,9,11H,5H2,1-2H3. The van der Waals surface area contributed by atoms with Crippen LogP contribution in [0.1, 0.15) is 31.0 Å². The molecule has 1 unspecified atom stereocenters. The van der Waals surface area contributed by atoms with Crippen molar-refractivity contribution in [3.8, 4) is 0 Å². The van der Waals surface area contributed by atoms with Gasteiger partial charge in [0.2, 0.25) is 0 Å². The molecule has 1 rings (SSSR count). The Hall–Kier alpha value is -1.02. The molecular formula is C10H14O2. The highest BCUT2D eigenvalue weighted by molar-refractivity contribution is 5.08. The van der Waals surface area contributed by atoms with Gasteiger partial charge >= 0.3 is 0 Å². The second kappa shape index (κ2) is 4.12. The molecule has 1 atom stereocenters. The zero-order valence-electron chi connectivity index (χ0n) is 7.45. The first-order valence-corrected chi connectivity index (χ1v) is 4.09. The minimum Gasteiger partial charge on any atom is -0.464 e. The highest BCUT2D eigenvalue weighted by Gasteiger charge is 2.08. The monoisotopic (exact) mass is 166 g/mol. The predicted octanol–water partition coefficient (Wildman–Crippen LogP) is 2.59. The third-order valence-corrected chi connectivity index (χ3v) is 1.68. The first-order chi connectivity index (χ1) is 5.74. The van der Waals surface area contributed by atoms with E-state index in [0.717, 1.165) is 5.76 Å². The molecule has 0 aliphatic rings. The predicted molar refractivity (Wildman–Crippen MR) is 47.8 cm³/mol. The highest BCUT2D eigenvalue weighted by atomic mass is 16.4. The molecule has 1 N–H and O–H groups in total. The summed E-state index contributed by atoms with van der Waals surface area (Å²) in [6.45, 7) is 3.80. The first kappa shape index (κ1) is 9.07. The van der Waals surface area contributed by atoms with Crippen molar-refractivity contribution >= 4 is 0 Å². The fourth-order valence-electron chi connectivity index (χ4n) is 1.01. The van der Waals surface area contributed by atoms with Crippen LogP contribution in [-0.2, 0) is 0 Å². The van der Waals surface area contributed by atoms with E-state index in [1.54, 1.807) is 0 Å². The molecule has 1 heterocycles. The Morgan fingerprint density at radius 1 is 1.58 bits per heavy atom. The van der Waals surface area contributed by atoms with Crippen molar-refractivity contribution in [1.82, 2.24) is 0 Å². The number of aliphatic hydroxyl groups is 1. The zero-order valence-corrected chi connectivity index (χ0v) is 7.45. The number of hydrogen-bond donors (Lipinski definition) is 1. The lowest BCUT2D eigenvalue weighted by Crippen LogP contribution is -1.92. The summed E-state index contributed by atoms with van der Waals surface area (Å²) in [7, 11) is 0. The van der Waals surface area contributed by atoms with Crippen LogP contribution < -0.4 is 0 Å². The maximum Gasteiger partial charge on any atom is 0.132 e. The molecule has 0 spiro atoms. The minimum absolute atomic E-state index is 0.505. The van der Waals surface area contributed by atoms with Crippen LogP contribution in [0, 0.1) is 6.92 Å². The zero-order chi connectivity index (χ0) is 8.97. The van der Waals surface area contributed by atoms with Crippen molar-refractivity contribution in [2.75, 3.05) is 0 Å². The van der Waals surface area contributed by atoms with Crippen LogP contribution in [0.3, 0.4) is 0 Å². The van der Waals surface area contributed by atoms with Gasteiger partial charge in [-0.1, -0.05) is 12.2 Å². The molecule has 0 amide bonds. The Labute approximate surface area is 72.5 Å². The molecule has 0 radical (unpaired) electrons. The molecule has 0 saturated heterocycles. The minimum atomic E-state index is -0.505. The fraction of sp³-hybridized carbons (Fsp3) is 0.400. The van der Waals surface area contributed by atoms with Gasteiger partial charge in [0.15, 0.2) is 0 Å². The first-order valence-electron chi connectivity index (χ1n) is 4.09. The molecule has 1 aromatic rings. The topological polar surface area (TPSA) is 33.4 Å². The van der Waals surface area contributed by atoms with Crippen LogP contribution in [0.25, 0.3) is 0 Å². The summed E-state index contributed by atoms with van der Waals surface area (Å²) in [6.07, 6.45) is 3.94. The molecule has 0 aliphatic carbocycles. The highest BCUT2D eigenvalue weighted by Crippen LogP contribution is 2.19. The molecule has 1 aromatic heterocycles. The summed E-state index contributed by atoms with van der Waals surface area (Å²) < 4.78 is 5.26. The van der Waals surface area contributed by atoms with E-state index in [0.29, 0.717) is 12.2 Å². The van der Waals surface area contributed by atoms with Crippen LogP contribution in [0.15, 0.2) is 28.7 Å². The quantitative estimate of drug-likeness (QED) is 0.700. The lowest BCUT2D eigenvalue weighted by atomic mass is 10.2. The second-order valence-electron chi connectivity index (χ2n) is 2.77. The van der Waals surface area contributed by atoms with E-state index in [2.05, 4.69) is 0 Å². The van der Waals surface area contributed by atoms with Gasteiger partial charge < -0.3 is 9.52 Å². The Kier molecular flexibility index (Phi) is 3.11. The van der Waals surface area contributed by atoms with Gasteiger partial charge in [0.1, 0.15) is 17.6 Å².